The number of carbonyl (C=O) groups excluding carboxylic acids is 1. The van der Waals surface area contributed by atoms with Crippen molar-refractivity contribution >= 4 is 16.9 Å². The lowest BCUT2D eigenvalue weighted by molar-refractivity contribution is 0.151. The van der Waals surface area contributed by atoms with Crippen molar-refractivity contribution in [1.29, 1.82) is 0 Å². The first kappa shape index (κ1) is 13.2. The van der Waals surface area contributed by atoms with Gasteiger partial charge in [-0.3, -0.25) is 0 Å². The minimum absolute atomic E-state index is 0.110. The summed E-state index contributed by atoms with van der Waals surface area (Å²) in [6.07, 6.45) is -0.739. The molecule has 1 atom stereocenters. The van der Waals surface area contributed by atoms with E-state index >= 15 is 0 Å². The van der Waals surface area contributed by atoms with E-state index in [2.05, 4.69) is 6.07 Å². The van der Waals surface area contributed by atoms with Gasteiger partial charge in [0.15, 0.2) is 0 Å². The van der Waals surface area contributed by atoms with E-state index in [0.717, 1.165) is 22.1 Å². The number of methoxy groups -OCH3 is 1. The standard InChI is InChI=1S/C15H17NO3/c1-10(9-19-15(16)17)11-3-4-13-8-14(18-2)6-5-12(13)7-11/h3-8,10H,9H2,1-2H3,(H2,16,17)/t10-/m1/s1. The van der Waals surface area contributed by atoms with Crippen LogP contribution < -0.4 is 10.5 Å². The Labute approximate surface area is 112 Å². The second kappa shape index (κ2) is 5.61. The van der Waals surface area contributed by atoms with Crippen LogP contribution in [0.3, 0.4) is 0 Å². The molecule has 0 fully saturated rings. The summed E-state index contributed by atoms with van der Waals surface area (Å²) >= 11 is 0. The number of hydrogen-bond donors (Lipinski definition) is 1. The lowest BCUT2D eigenvalue weighted by Crippen LogP contribution is -2.16. The molecule has 2 aromatic rings. The summed E-state index contributed by atoms with van der Waals surface area (Å²) < 4.78 is 10.0. The van der Waals surface area contributed by atoms with Crippen molar-refractivity contribution in [2.75, 3.05) is 13.7 Å². The maximum absolute atomic E-state index is 10.6. The number of fused-ring (bicyclic) bond motifs is 1. The summed E-state index contributed by atoms with van der Waals surface area (Å²) in [5, 5.41) is 2.25. The van der Waals surface area contributed by atoms with Crippen molar-refractivity contribution in [2.24, 2.45) is 5.73 Å². The molecule has 0 aliphatic heterocycles. The third kappa shape index (κ3) is 3.16. The van der Waals surface area contributed by atoms with Crippen LogP contribution in [0.15, 0.2) is 36.4 Å². The Morgan fingerprint density at radius 3 is 2.58 bits per heavy atom. The molecule has 2 aromatic carbocycles. The van der Waals surface area contributed by atoms with Crippen LogP contribution in [0.5, 0.6) is 5.75 Å². The predicted molar refractivity (Wildman–Crippen MR) is 74.5 cm³/mol. The van der Waals surface area contributed by atoms with E-state index in [1.54, 1.807) is 7.11 Å². The van der Waals surface area contributed by atoms with E-state index in [0.29, 0.717) is 0 Å². The maximum atomic E-state index is 10.6. The zero-order valence-electron chi connectivity index (χ0n) is 11.1. The van der Waals surface area contributed by atoms with Crippen LogP contribution >= 0.6 is 0 Å². The fourth-order valence-electron chi connectivity index (χ4n) is 1.98. The highest BCUT2D eigenvalue weighted by Gasteiger charge is 2.08. The van der Waals surface area contributed by atoms with Gasteiger partial charge >= 0.3 is 6.09 Å². The summed E-state index contributed by atoms with van der Waals surface area (Å²) in [5.74, 6) is 0.948. The van der Waals surface area contributed by atoms with Crippen LogP contribution in [-0.4, -0.2) is 19.8 Å². The fraction of sp³-hybridized carbons (Fsp3) is 0.267. The Hall–Kier alpha value is -2.23. The van der Waals surface area contributed by atoms with E-state index in [1.165, 1.54) is 0 Å². The van der Waals surface area contributed by atoms with Crippen molar-refractivity contribution < 1.29 is 14.3 Å². The molecule has 2 N–H and O–H groups in total. The van der Waals surface area contributed by atoms with Crippen LogP contribution in [0, 0.1) is 0 Å². The summed E-state index contributed by atoms with van der Waals surface area (Å²) in [6.45, 7) is 2.28. The van der Waals surface area contributed by atoms with Crippen molar-refractivity contribution in [3.05, 3.63) is 42.0 Å². The third-order valence-corrected chi connectivity index (χ3v) is 3.12. The molecule has 4 nitrogen and oxygen atoms in total. The molecule has 0 radical (unpaired) electrons. The van der Waals surface area contributed by atoms with Crippen molar-refractivity contribution in [1.82, 2.24) is 0 Å². The lowest BCUT2D eigenvalue weighted by Gasteiger charge is -2.12. The molecule has 0 aliphatic carbocycles. The molecule has 4 heteroatoms. The summed E-state index contributed by atoms with van der Waals surface area (Å²) in [7, 11) is 1.65. The maximum Gasteiger partial charge on any atom is 0.404 e. The van der Waals surface area contributed by atoms with Crippen molar-refractivity contribution in [3.8, 4) is 5.75 Å². The topological polar surface area (TPSA) is 61.6 Å². The molecule has 0 saturated heterocycles. The van der Waals surface area contributed by atoms with Gasteiger partial charge in [-0.1, -0.05) is 31.2 Å². The van der Waals surface area contributed by atoms with Gasteiger partial charge in [-0.05, 0) is 28.5 Å². The Bertz CT molecular complexity index is 595. The average Bonchev–Trinajstić information content (AvgIpc) is 2.43. The highest BCUT2D eigenvalue weighted by molar-refractivity contribution is 5.84. The predicted octanol–water partition coefficient (Wildman–Crippen LogP) is 3.05. The minimum Gasteiger partial charge on any atom is -0.497 e. The van der Waals surface area contributed by atoms with E-state index in [4.69, 9.17) is 15.2 Å². The molecule has 100 valence electrons. The number of primary amides is 1. The molecule has 2 rings (SSSR count). The van der Waals surface area contributed by atoms with Crippen molar-refractivity contribution in [2.45, 2.75) is 12.8 Å². The van der Waals surface area contributed by atoms with Gasteiger partial charge in [0.05, 0.1) is 13.7 Å². The molecule has 1 amide bonds. The second-order valence-electron chi connectivity index (χ2n) is 4.50. The number of amides is 1. The highest BCUT2D eigenvalue weighted by Crippen LogP contribution is 2.25. The smallest absolute Gasteiger partial charge is 0.404 e. The third-order valence-electron chi connectivity index (χ3n) is 3.12. The van der Waals surface area contributed by atoms with E-state index in [-0.39, 0.29) is 12.5 Å². The first-order chi connectivity index (χ1) is 9.10. The van der Waals surface area contributed by atoms with Crippen LogP contribution in [0.2, 0.25) is 0 Å². The first-order valence-corrected chi connectivity index (χ1v) is 6.10. The number of ether oxygens (including phenoxy) is 2. The molecule has 0 heterocycles. The van der Waals surface area contributed by atoms with Gasteiger partial charge in [0.1, 0.15) is 5.75 Å². The van der Waals surface area contributed by atoms with Gasteiger partial charge in [0.25, 0.3) is 0 Å². The van der Waals surface area contributed by atoms with Crippen LogP contribution in [0.25, 0.3) is 10.8 Å². The zero-order chi connectivity index (χ0) is 13.8. The van der Waals surface area contributed by atoms with Gasteiger partial charge in [-0.15, -0.1) is 0 Å². The van der Waals surface area contributed by atoms with Gasteiger partial charge in [0.2, 0.25) is 0 Å². The monoisotopic (exact) mass is 259 g/mol. The van der Waals surface area contributed by atoms with Gasteiger partial charge < -0.3 is 15.2 Å². The number of benzene rings is 2. The van der Waals surface area contributed by atoms with Crippen LogP contribution in [0.1, 0.15) is 18.4 Å². The molecule has 19 heavy (non-hydrogen) atoms. The first-order valence-electron chi connectivity index (χ1n) is 6.10. The normalized spacial score (nSPS) is 12.1. The molecular formula is C15H17NO3. The van der Waals surface area contributed by atoms with Gasteiger partial charge in [-0.2, -0.15) is 0 Å². The number of nitrogens with two attached hydrogens (primary N) is 1. The fourth-order valence-corrected chi connectivity index (χ4v) is 1.98. The molecule has 0 aromatic heterocycles. The van der Waals surface area contributed by atoms with Gasteiger partial charge in [0, 0.05) is 5.92 Å². The number of rotatable bonds is 4. The lowest BCUT2D eigenvalue weighted by atomic mass is 9.98. The molecule has 0 aliphatic rings. The average molecular weight is 259 g/mol. The SMILES string of the molecule is COc1ccc2cc([C@H](C)COC(N)=O)ccc2c1. The van der Waals surface area contributed by atoms with Crippen LogP contribution in [0.4, 0.5) is 4.79 Å². The van der Waals surface area contributed by atoms with E-state index < -0.39 is 6.09 Å². The molecular weight excluding hydrogens is 242 g/mol. The number of hydrogen-bond acceptors (Lipinski definition) is 3. The molecule has 0 bridgehead atoms. The Morgan fingerprint density at radius 1 is 1.21 bits per heavy atom. The van der Waals surface area contributed by atoms with E-state index in [1.807, 2.05) is 37.3 Å². The Morgan fingerprint density at radius 2 is 1.89 bits per heavy atom. The largest absolute Gasteiger partial charge is 0.497 e. The van der Waals surface area contributed by atoms with Crippen LogP contribution in [-0.2, 0) is 4.74 Å². The Balaban J connectivity index is 2.23. The summed E-state index contributed by atoms with van der Waals surface area (Å²) in [6, 6.07) is 12.1. The number of carbonyl (C=O) groups is 1. The summed E-state index contributed by atoms with van der Waals surface area (Å²) in [5.41, 5.74) is 6.08. The molecule has 0 saturated carbocycles. The summed E-state index contributed by atoms with van der Waals surface area (Å²) in [4.78, 5) is 10.6. The zero-order valence-corrected chi connectivity index (χ0v) is 11.1. The van der Waals surface area contributed by atoms with E-state index in [9.17, 15) is 4.79 Å². The quantitative estimate of drug-likeness (QED) is 0.917. The minimum atomic E-state index is -0.739. The van der Waals surface area contributed by atoms with Crippen molar-refractivity contribution in [3.63, 3.8) is 0 Å². The Kier molecular flexibility index (Phi) is 3.90. The highest BCUT2D eigenvalue weighted by atomic mass is 16.5. The molecule has 0 spiro atoms. The second-order valence-corrected chi connectivity index (χ2v) is 4.50. The molecule has 0 unspecified atom stereocenters. The van der Waals surface area contributed by atoms with Gasteiger partial charge in [-0.25, -0.2) is 4.79 Å².